The summed E-state index contributed by atoms with van der Waals surface area (Å²) in [4.78, 5) is 23.2. The van der Waals surface area contributed by atoms with E-state index in [-0.39, 0.29) is 18.0 Å². The molecule has 1 amide bonds. The topological polar surface area (TPSA) is 84.2 Å². The zero-order valence-corrected chi connectivity index (χ0v) is 16.5. The van der Waals surface area contributed by atoms with Gasteiger partial charge in [0.05, 0.1) is 11.6 Å². The van der Waals surface area contributed by atoms with Crippen molar-refractivity contribution in [3.8, 4) is 11.4 Å². The highest BCUT2D eigenvalue weighted by atomic mass is 16.5. The van der Waals surface area contributed by atoms with Gasteiger partial charge < -0.3 is 9.84 Å². The Labute approximate surface area is 173 Å². The molecule has 2 aromatic carbocycles. The lowest BCUT2D eigenvalue weighted by molar-refractivity contribution is 0.0938. The first kappa shape index (κ1) is 18.4. The molecule has 1 aliphatic heterocycles. The van der Waals surface area contributed by atoms with Gasteiger partial charge in [-0.3, -0.25) is 14.7 Å². The number of hydrogen-bond donors (Lipinski definition) is 1. The number of pyridine rings is 1. The monoisotopic (exact) mass is 399 g/mol. The third-order valence-electron chi connectivity index (χ3n) is 5.54. The summed E-state index contributed by atoms with van der Waals surface area (Å²) in [7, 11) is 2.00. The van der Waals surface area contributed by atoms with Crippen molar-refractivity contribution in [2.75, 3.05) is 13.6 Å². The Balaban J connectivity index is 1.31. The van der Waals surface area contributed by atoms with Gasteiger partial charge in [-0.15, -0.1) is 0 Å². The lowest BCUT2D eigenvalue weighted by Gasteiger charge is -2.14. The average Bonchev–Trinajstić information content (AvgIpc) is 3.40. The zero-order valence-electron chi connectivity index (χ0n) is 16.5. The van der Waals surface area contributed by atoms with Gasteiger partial charge in [0.25, 0.3) is 5.91 Å². The van der Waals surface area contributed by atoms with Gasteiger partial charge in [0.15, 0.2) is 0 Å². The predicted octanol–water partition coefficient (Wildman–Crippen LogP) is 3.46. The normalized spacial score (nSPS) is 19.2. The summed E-state index contributed by atoms with van der Waals surface area (Å²) < 4.78 is 5.60. The molecule has 0 saturated carbocycles. The number of hydrogen-bond acceptors (Lipinski definition) is 6. The average molecular weight is 399 g/mol. The molecule has 0 radical (unpaired) electrons. The van der Waals surface area contributed by atoms with E-state index in [4.69, 9.17) is 4.52 Å². The molecular weight excluding hydrogens is 378 g/mol. The molecule has 2 atom stereocenters. The number of amides is 1. The van der Waals surface area contributed by atoms with Crippen molar-refractivity contribution in [1.82, 2.24) is 25.3 Å². The second-order valence-electron chi connectivity index (χ2n) is 7.62. The van der Waals surface area contributed by atoms with Crippen molar-refractivity contribution in [3.05, 3.63) is 78.4 Å². The van der Waals surface area contributed by atoms with Gasteiger partial charge in [-0.1, -0.05) is 41.6 Å². The van der Waals surface area contributed by atoms with Crippen LogP contribution in [-0.2, 0) is 0 Å². The second kappa shape index (κ2) is 7.68. The molecule has 4 aromatic rings. The van der Waals surface area contributed by atoms with Gasteiger partial charge in [0, 0.05) is 30.5 Å². The number of rotatable bonds is 4. The van der Waals surface area contributed by atoms with E-state index < -0.39 is 0 Å². The highest BCUT2D eigenvalue weighted by Crippen LogP contribution is 2.31. The fourth-order valence-electron chi connectivity index (χ4n) is 3.97. The number of nitrogens with one attached hydrogen (secondary N) is 1. The maximum absolute atomic E-state index is 12.4. The molecule has 2 aromatic heterocycles. The zero-order chi connectivity index (χ0) is 20.5. The van der Waals surface area contributed by atoms with E-state index in [0.29, 0.717) is 30.2 Å². The van der Waals surface area contributed by atoms with Crippen molar-refractivity contribution in [3.63, 3.8) is 0 Å². The van der Waals surface area contributed by atoms with E-state index in [1.165, 1.54) is 5.39 Å². The lowest BCUT2D eigenvalue weighted by Crippen LogP contribution is -2.36. The molecule has 0 aliphatic carbocycles. The minimum Gasteiger partial charge on any atom is -0.348 e. The number of carbonyl (C=O) groups is 1. The number of likely N-dealkylation sites (tertiary alicyclic amines) is 1. The largest absolute Gasteiger partial charge is 0.348 e. The Morgan fingerprint density at radius 3 is 2.83 bits per heavy atom. The molecule has 0 spiro atoms. The minimum atomic E-state index is -0.121. The van der Waals surface area contributed by atoms with Crippen LogP contribution in [0.5, 0.6) is 0 Å². The Morgan fingerprint density at radius 1 is 1.13 bits per heavy atom. The summed E-state index contributed by atoms with van der Waals surface area (Å²) in [5.41, 5.74) is 1.48. The van der Waals surface area contributed by atoms with Crippen molar-refractivity contribution >= 4 is 16.7 Å². The molecule has 150 valence electrons. The van der Waals surface area contributed by atoms with Gasteiger partial charge in [-0.05, 0) is 42.4 Å². The molecule has 7 nitrogen and oxygen atoms in total. The van der Waals surface area contributed by atoms with E-state index >= 15 is 0 Å². The van der Waals surface area contributed by atoms with Gasteiger partial charge in [-0.2, -0.15) is 4.98 Å². The fraction of sp³-hybridized carbons (Fsp3) is 0.217. The van der Waals surface area contributed by atoms with Crippen molar-refractivity contribution in [2.24, 2.45) is 0 Å². The summed E-state index contributed by atoms with van der Waals surface area (Å²) in [6.45, 7) is 0.713. The molecule has 7 heteroatoms. The number of carbonyl (C=O) groups excluding carboxylic acids is 1. The maximum Gasteiger partial charge on any atom is 0.253 e. The molecule has 1 saturated heterocycles. The lowest BCUT2D eigenvalue weighted by atomic mass is 10.1. The predicted molar refractivity (Wildman–Crippen MR) is 113 cm³/mol. The van der Waals surface area contributed by atoms with Gasteiger partial charge in [0.2, 0.25) is 11.7 Å². The Kier molecular flexibility index (Phi) is 4.72. The molecular formula is C23H21N5O2. The minimum absolute atomic E-state index is 0.00345. The van der Waals surface area contributed by atoms with E-state index in [9.17, 15) is 4.79 Å². The summed E-state index contributed by atoms with van der Waals surface area (Å²) in [5, 5.41) is 9.58. The molecule has 5 rings (SSSR count). The highest BCUT2D eigenvalue weighted by molar-refractivity contribution is 5.94. The molecule has 30 heavy (non-hydrogen) atoms. The standard InChI is InChI=1S/C23H21N5O2/c1-28-14-19(25-22(29)18-7-4-10-24-13-18)12-20(28)23-26-21(27-30-23)17-9-8-15-5-2-3-6-16(15)11-17/h2-11,13,19-20H,12,14H2,1H3,(H,25,29). The number of benzene rings is 2. The summed E-state index contributed by atoms with van der Waals surface area (Å²) in [6.07, 6.45) is 3.93. The first-order valence-corrected chi connectivity index (χ1v) is 9.91. The molecule has 1 N–H and O–H groups in total. The Hall–Kier alpha value is -3.58. The first-order chi connectivity index (χ1) is 14.7. The van der Waals surface area contributed by atoms with Crippen LogP contribution in [0.15, 0.2) is 71.5 Å². The van der Waals surface area contributed by atoms with Crippen molar-refractivity contribution < 1.29 is 9.32 Å². The molecule has 1 fully saturated rings. The molecule has 2 unspecified atom stereocenters. The number of fused-ring (bicyclic) bond motifs is 1. The van der Waals surface area contributed by atoms with Gasteiger partial charge >= 0.3 is 0 Å². The molecule has 1 aliphatic rings. The van der Waals surface area contributed by atoms with Gasteiger partial charge in [-0.25, -0.2) is 0 Å². The van der Waals surface area contributed by atoms with E-state index in [1.807, 2.05) is 25.2 Å². The van der Waals surface area contributed by atoms with Crippen LogP contribution >= 0.6 is 0 Å². The second-order valence-corrected chi connectivity index (χ2v) is 7.62. The third kappa shape index (κ3) is 3.55. The third-order valence-corrected chi connectivity index (χ3v) is 5.54. The molecule has 0 bridgehead atoms. The van der Waals surface area contributed by atoms with E-state index in [1.54, 1.807) is 24.5 Å². The van der Waals surface area contributed by atoms with Crippen LogP contribution in [0, 0.1) is 0 Å². The quantitative estimate of drug-likeness (QED) is 0.566. The van der Waals surface area contributed by atoms with Crippen LogP contribution in [0.1, 0.15) is 28.7 Å². The summed E-state index contributed by atoms with van der Waals surface area (Å²) in [5.74, 6) is 1.02. The summed E-state index contributed by atoms with van der Waals surface area (Å²) >= 11 is 0. The van der Waals surface area contributed by atoms with Crippen LogP contribution in [-0.4, -0.2) is 45.6 Å². The van der Waals surface area contributed by atoms with E-state index in [0.717, 1.165) is 10.9 Å². The fourth-order valence-corrected chi connectivity index (χ4v) is 3.97. The number of nitrogens with zero attached hydrogens (tertiary/aromatic N) is 4. The SMILES string of the molecule is CN1CC(NC(=O)c2cccnc2)CC1c1nc(-c2ccc3ccccc3c2)no1. The Bertz CT molecular complexity index is 1190. The summed E-state index contributed by atoms with van der Waals surface area (Å²) in [6, 6.07) is 17.8. The Morgan fingerprint density at radius 2 is 2.00 bits per heavy atom. The van der Waals surface area contributed by atoms with Crippen LogP contribution in [0.4, 0.5) is 0 Å². The van der Waals surface area contributed by atoms with Crippen molar-refractivity contribution in [2.45, 2.75) is 18.5 Å². The number of likely N-dealkylation sites (N-methyl/N-ethyl adjacent to an activating group) is 1. The van der Waals surface area contributed by atoms with Crippen LogP contribution in [0.3, 0.4) is 0 Å². The first-order valence-electron chi connectivity index (χ1n) is 9.91. The van der Waals surface area contributed by atoms with Crippen LogP contribution in [0.2, 0.25) is 0 Å². The molecule has 3 heterocycles. The van der Waals surface area contributed by atoms with Crippen molar-refractivity contribution in [1.29, 1.82) is 0 Å². The number of aromatic nitrogens is 3. The smallest absolute Gasteiger partial charge is 0.253 e. The van der Waals surface area contributed by atoms with Crippen LogP contribution in [0.25, 0.3) is 22.2 Å². The highest BCUT2D eigenvalue weighted by Gasteiger charge is 2.35. The van der Waals surface area contributed by atoms with Gasteiger partial charge in [0.1, 0.15) is 0 Å². The maximum atomic E-state index is 12.4. The van der Waals surface area contributed by atoms with Crippen LogP contribution < -0.4 is 5.32 Å². The van der Waals surface area contributed by atoms with E-state index in [2.05, 4.69) is 49.6 Å².